The lowest BCUT2D eigenvalue weighted by Gasteiger charge is -2.41. The smallest absolute Gasteiger partial charge is 0.191 e. The van der Waals surface area contributed by atoms with Gasteiger partial charge in [-0.15, -0.1) is 0 Å². The predicted octanol–water partition coefficient (Wildman–Crippen LogP) is 1.56. The van der Waals surface area contributed by atoms with Crippen molar-refractivity contribution >= 4 is 11.3 Å². The second kappa shape index (κ2) is 8.33. The van der Waals surface area contributed by atoms with Crippen molar-refractivity contribution in [3.63, 3.8) is 0 Å². The Morgan fingerprint density at radius 3 is 2.66 bits per heavy atom. The molecule has 0 saturated heterocycles. The summed E-state index contributed by atoms with van der Waals surface area (Å²) in [5, 5.41) is 23.7. The van der Waals surface area contributed by atoms with Crippen molar-refractivity contribution in [3.8, 4) is 6.07 Å². The van der Waals surface area contributed by atoms with Crippen LogP contribution >= 0.6 is 0 Å². The standard InChI is InChI=1S/C21H25FN6O/c22-17-5-3-14(4-6-17)15-7-10-27(11-8-15)20-18(13-23)19(16-1-2-16)26-21(28(20)24)25-9-12-29/h3-7,16,21,25,29H,1-2,8-12,24H2. The summed E-state index contributed by atoms with van der Waals surface area (Å²) in [4.78, 5) is 6.76. The molecular weight excluding hydrogens is 371 g/mol. The lowest BCUT2D eigenvalue weighted by atomic mass is 9.98. The van der Waals surface area contributed by atoms with Crippen LogP contribution in [0.4, 0.5) is 4.39 Å². The normalized spacial score (nSPS) is 22.3. The van der Waals surface area contributed by atoms with Crippen molar-refractivity contribution in [2.24, 2.45) is 16.8 Å². The first kappa shape index (κ1) is 19.6. The van der Waals surface area contributed by atoms with Gasteiger partial charge in [-0.05, 0) is 42.5 Å². The molecule has 0 aromatic heterocycles. The molecule has 0 amide bonds. The molecule has 1 saturated carbocycles. The quantitative estimate of drug-likeness (QED) is 0.631. The van der Waals surface area contributed by atoms with Crippen molar-refractivity contribution in [2.45, 2.75) is 25.6 Å². The zero-order valence-corrected chi connectivity index (χ0v) is 16.2. The van der Waals surface area contributed by atoms with Crippen LogP contribution in [0.2, 0.25) is 0 Å². The Kier molecular flexibility index (Phi) is 5.62. The van der Waals surface area contributed by atoms with Crippen LogP contribution in [0.15, 0.2) is 46.7 Å². The minimum absolute atomic E-state index is 0.0176. The highest BCUT2D eigenvalue weighted by molar-refractivity contribution is 6.07. The molecule has 1 atom stereocenters. The minimum Gasteiger partial charge on any atom is -0.395 e. The highest BCUT2D eigenvalue weighted by atomic mass is 19.1. The fourth-order valence-corrected chi connectivity index (χ4v) is 3.84. The second-order valence-electron chi connectivity index (χ2n) is 7.49. The van der Waals surface area contributed by atoms with Crippen LogP contribution in [0, 0.1) is 23.1 Å². The van der Waals surface area contributed by atoms with E-state index >= 15 is 0 Å². The summed E-state index contributed by atoms with van der Waals surface area (Å²) in [7, 11) is 0. The van der Waals surface area contributed by atoms with Gasteiger partial charge in [0.15, 0.2) is 6.29 Å². The van der Waals surface area contributed by atoms with Gasteiger partial charge in [-0.1, -0.05) is 18.2 Å². The summed E-state index contributed by atoms with van der Waals surface area (Å²) in [6.45, 7) is 1.65. The van der Waals surface area contributed by atoms with Crippen molar-refractivity contribution in [1.29, 1.82) is 5.26 Å². The van der Waals surface area contributed by atoms with Crippen molar-refractivity contribution in [3.05, 3.63) is 53.1 Å². The van der Waals surface area contributed by atoms with Crippen LogP contribution in [-0.4, -0.2) is 53.3 Å². The number of benzene rings is 1. The summed E-state index contributed by atoms with van der Waals surface area (Å²) in [6, 6.07) is 8.85. The third kappa shape index (κ3) is 4.03. The predicted molar refractivity (Wildman–Crippen MR) is 108 cm³/mol. The van der Waals surface area contributed by atoms with Crippen LogP contribution in [0.3, 0.4) is 0 Å². The Bertz CT molecular complexity index is 897. The zero-order valence-electron chi connectivity index (χ0n) is 16.2. The third-order valence-corrected chi connectivity index (χ3v) is 5.49. The summed E-state index contributed by atoms with van der Waals surface area (Å²) < 4.78 is 13.2. The molecule has 4 rings (SSSR count). The topological polar surface area (TPSA) is 101 Å². The molecule has 0 radical (unpaired) electrons. The van der Waals surface area contributed by atoms with E-state index in [1.54, 1.807) is 12.1 Å². The molecule has 2 heterocycles. The van der Waals surface area contributed by atoms with Crippen LogP contribution in [0.25, 0.3) is 5.57 Å². The van der Waals surface area contributed by atoms with Crippen molar-refractivity contribution in [1.82, 2.24) is 15.2 Å². The molecule has 29 heavy (non-hydrogen) atoms. The first-order valence-electron chi connectivity index (χ1n) is 9.93. The van der Waals surface area contributed by atoms with Gasteiger partial charge in [-0.2, -0.15) is 5.26 Å². The number of hydrogen-bond donors (Lipinski definition) is 3. The molecule has 1 fully saturated rings. The minimum atomic E-state index is -0.507. The average Bonchev–Trinajstić information content (AvgIpc) is 3.58. The number of nitrogens with two attached hydrogens (primary N) is 1. The number of hydrazine groups is 1. The molecule has 1 aromatic rings. The van der Waals surface area contributed by atoms with Crippen LogP contribution in [0.5, 0.6) is 0 Å². The van der Waals surface area contributed by atoms with E-state index in [1.165, 1.54) is 17.1 Å². The maximum Gasteiger partial charge on any atom is 0.191 e. The van der Waals surface area contributed by atoms with E-state index in [0.29, 0.717) is 36.9 Å². The number of nitrogens with zero attached hydrogens (tertiary/aromatic N) is 4. The number of hydrogen-bond acceptors (Lipinski definition) is 7. The van der Waals surface area contributed by atoms with Crippen LogP contribution < -0.4 is 11.2 Å². The highest BCUT2D eigenvalue weighted by Gasteiger charge is 2.39. The molecule has 7 nitrogen and oxygen atoms in total. The molecule has 0 spiro atoms. The van der Waals surface area contributed by atoms with Gasteiger partial charge < -0.3 is 10.0 Å². The number of nitriles is 1. The van der Waals surface area contributed by atoms with E-state index in [0.717, 1.165) is 36.1 Å². The van der Waals surface area contributed by atoms with Gasteiger partial charge in [0, 0.05) is 25.6 Å². The fraction of sp³-hybridized carbons (Fsp3) is 0.429. The maximum atomic E-state index is 13.2. The summed E-state index contributed by atoms with van der Waals surface area (Å²) >= 11 is 0. The van der Waals surface area contributed by atoms with Crippen molar-refractivity contribution in [2.75, 3.05) is 26.2 Å². The Balaban J connectivity index is 1.60. The lowest BCUT2D eigenvalue weighted by Crippen LogP contribution is -2.55. The third-order valence-electron chi connectivity index (χ3n) is 5.49. The molecule has 1 unspecified atom stereocenters. The van der Waals surface area contributed by atoms with E-state index in [9.17, 15) is 9.65 Å². The molecule has 4 N–H and O–H groups in total. The van der Waals surface area contributed by atoms with Gasteiger partial charge in [0.2, 0.25) is 0 Å². The fourth-order valence-electron chi connectivity index (χ4n) is 3.84. The van der Waals surface area contributed by atoms with Gasteiger partial charge in [0.25, 0.3) is 0 Å². The first-order valence-corrected chi connectivity index (χ1v) is 9.93. The van der Waals surface area contributed by atoms with E-state index < -0.39 is 6.29 Å². The largest absolute Gasteiger partial charge is 0.395 e. The van der Waals surface area contributed by atoms with E-state index in [4.69, 9.17) is 10.9 Å². The molecule has 0 bridgehead atoms. The first-order chi connectivity index (χ1) is 14.1. The lowest BCUT2D eigenvalue weighted by molar-refractivity contribution is 0.142. The number of aliphatic imine (C=N–C) groups is 1. The number of nitrogens with one attached hydrogen (secondary N) is 1. The van der Waals surface area contributed by atoms with Gasteiger partial charge in [0.1, 0.15) is 23.3 Å². The second-order valence-corrected chi connectivity index (χ2v) is 7.49. The Hall–Kier alpha value is -2.73. The van der Waals surface area contributed by atoms with E-state index in [1.807, 2.05) is 0 Å². The number of aliphatic hydroxyl groups excluding tert-OH is 1. The maximum absolute atomic E-state index is 13.2. The Morgan fingerprint density at radius 1 is 1.31 bits per heavy atom. The van der Waals surface area contributed by atoms with Gasteiger partial charge in [0.05, 0.1) is 12.3 Å². The zero-order chi connectivity index (χ0) is 20.4. The summed E-state index contributed by atoms with van der Waals surface area (Å²) in [5.41, 5.74) is 3.52. The number of halogens is 1. The molecule has 152 valence electrons. The highest BCUT2D eigenvalue weighted by Crippen LogP contribution is 2.37. The van der Waals surface area contributed by atoms with Crippen molar-refractivity contribution < 1.29 is 9.50 Å². The van der Waals surface area contributed by atoms with Gasteiger partial charge >= 0.3 is 0 Å². The van der Waals surface area contributed by atoms with E-state index in [-0.39, 0.29) is 12.4 Å². The Labute approximate surface area is 169 Å². The van der Waals surface area contributed by atoms with Crippen LogP contribution in [-0.2, 0) is 0 Å². The van der Waals surface area contributed by atoms with Gasteiger partial charge in [-0.25, -0.2) is 15.2 Å². The number of rotatable bonds is 6. The molecule has 1 aliphatic carbocycles. The SMILES string of the molecule is N#CC1=C(N2CC=C(c3ccc(F)cc3)CC2)N(N)C(NCCO)N=C1C1CC1. The summed E-state index contributed by atoms with van der Waals surface area (Å²) in [6.07, 6.45) is 4.43. The average molecular weight is 396 g/mol. The Morgan fingerprint density at radius 2 is 2.07 bits per heavy atom. The molecular formula is C21H25FN6O. The molecule has 3 aliphatic rings. The molecule has 1 aromatic carbocycles. The van der Waals surface area contributed by atoms with Gasteiger partial charge in [-0.3, -0.25) is 10.3 Å². The number of aliphatic hydroxyl groups is 1. The van der Waals surface area contributed by atoms with E-state index in [2.05, 4.69) is 27.4 Å². The number of allylic oxidation sites excluding steroid dienone is 1. The molecule has 2 aliphatic heterocycles. The summed E-state index contributed by atoms with van der Waals surface area (Å²) in [5.74, 6) is 7.11. The van der Waals surface area contributed by atoms with Crippen LogP contribution in [0.1, 0.15) is 24.8 Å². The molecule has 8 heteroatoms. The monoisotopic (exact) mass is 396 g/mol.